The van der Waals surface area contributed by atoms with Crippen molar-refractivity contribution in [3.05, 3.63) is 72.6 Å². The maximum absolute atomic E-state index is 9.55. The number of hydrogen-bond acceptors (Lipinski definition) is 4. The Kier molecular flexibility index (Phi) is 8.81. The number of hydrogen-bond donors (Lipinski definition) is 3. The van der Waals surface area contributed by atoms with Crippen molar-refractivity contribution in [1.29, 1.82) is 0 Å². The molecule has 1 aliphatic rings. The molecular formula is C21H27N3O4. The quantitative estimate of drug-likeness (QED) is 0.634. The van der Waals surface area contributed by atoms with Gasteiger partial charge in [0.05, 0.1) is 0 Å². The predicted octanol–water partition coefficient (Wildman–Crippen LogP) is 2.45. The molecule has 0 unspecified atom stereocenters. The summed E-state index contributed by atoms with van der Waals surface area (Å²) in [6.07, 6.45) is 8.88. The SMILES string of the molecule is O=C(O)C=CC(=O)O.c1ccc(CCN2CCC(Nn3cccc3)CC2)cc1. The Morgan fingerprint density at radius 3 is 2.07 bits per heavy atom. The van der Waals surface area contributed by atoms with E-state index in [0.717, 1.165) is 6.42 Å². The van der Waals surface area contributed by atoms with Crippen molar-refractivity contribution in [2.75, 3.05) is 25.1 Å². The van der Waals surface area contributed by atoms with E-state index in [1.807, 2.05) is 0 Å². The molecule has 1 aromatic carbocycles. The molecule has 2 heterocycles. The summed E-state index contributed by atoms with van der Waals surface area (Å²) < 4.78 is 2.07. The van der Waals surface area contributed by atoms with Gasteiger partial charge in [0.25, 0.3) is 0 Å². The van der Waals surface area contributed by atoms with Crippen LogP contribution in [0.4, 0.5) is 0 Å². The average Bonchev–Trinajstić information content (AvgIpc) is 3.20. The minimum atomic E-state index is -1.26. The summed E-state index contributed by atoms with van der Waals surface area (Å²) in [6, 6.07) is 15.5. The lowest BCUT2D eigenvalue weighted by Gasteiger charge is -2.33. The molecule has 0 aliphatic carbocycles. The van der Waals surface area contributed by atoms with E-state index in [0.29, 0.717) is 18.2 Å². The van der Waals surface area contributed by atoms with Crippen LogP contribution in [0.3, 0.4) is 0 Å². The van der Waals surface area contributed by atoms with E-state index >= 15 is 0 Å². The first-order valence-electron chi connectivity index (χ1n) is 9.32. The molecule has 0 spiro atoms. The second-order valence-corrected chi connectivity index (χ2v) is 6.58. The third kappa shape index (κ3) is 8.55. The largest absolute Gasteiger partial charge is 0.478 e. The lowest BCUT2D eigenvalue weighted by atomic mass is 10.0. The number of aliphatic carboxylic acids is 2. The molecule has 3 rings (SSSR count). The fraction of sp³-hybridized carbons (Fsp3) is 0.333. The van der Waals surface area contributed by atoms with Gasteiger partial charge in [0.15, 0.2) is 0 Å². The van der Waals surface area contributed by atoms with Crippen molar-refractivity contribution < 1.29 is 19.8 Å². The number of benzene rings is 1. The van der Waals surface area contributed by atoms with Gasteiger partial charge in [-0.15, -0.1) is 0 Å². The molecule has 0 radical (unpaired) electrons. The van der Waals surface area contributed by atoms with Gasteiger partial charge < -0.3 is 20.5 Å². The third-order valence-corrected chi connectivity index (χ3v) is 4.45. The van der Waals surface area contributed by atoms with Crippen LogP contribution in [0.25, 0.3) is 0 Å². The fourth-order valence-corrected chi connectivity index (χ4v) is 2.99. The van der Waals surface area contributed by atoms with Crippen molar-refractivity contribution in [2.45, 2.75) is 25.3 Å². The van der Waals surface area contributed by atoms with Crippen molar-refractivity contribution in [1.82, 2.24) is 9.58 Å². The molecule has 0 atom stereocenters. The van der Waals surface area contributed by atoms with E-state index in [1.54, 1.807) is 0 Å². The standard InChI is InChI=1S/C17H23N3.C4H4O4/c1-2-6-16(7-3-1)8-13-19-14-9-17(10-15-19)18-20-11-4-5-12-20;5-3(6)1-2-4(7)8/h1-7,11-12,17-18H,8-10,13-15H2;1-2H,(H,5,6)(H,7,8). The molecule has 0 bridgehead atoms. The smallest absolute Gasteiger partial charge is 0.328 e. The van der Waals surface area contributed by atoms with Gasteiger partial charge in [0.2, 0.25) is 0 Å². The molecular weight excluding hydrogens is 358 g/mol. The molecule has 1 aliphatic heterocycles. The van der Waals surface area contributed by atoms with Crippen molar-refractivity contribution in [3.8, 4) is 0 Å². The molecule has 1 aromatic heterocycles. The first kappa shape index (κ1) is 21.2. The fourth-order valence-electron chi connectivity index (χ4n) is 2.99. The van der Waals surface area contributed by atoms with Crippen molar-refractivity contribution in [3.63, 3.8) is 0 Å². The van der Waals surface area contributed by atoms with Gasteiger partial charge in [-0.2, -0.15) is 0 Å². The van der Waals surface area contributed by atoms with E-state index in [1.165, 1.54) is 38.0 Å². The van der Waals surface area contributed by atoms with Crippen LogP contribution in [0.2, 0.25) is 0 Å². The van der Waals surface area contributed by atoms with E-state index in [4.69, 9.17) is 10.2 Å². The van der Waals surface area contributed by atoms with Gasteiger partial charge in [-0.05, 0) is 37.0 Å². The monoisotopic (exact) mass is 385 g/mol. The van der Waals surface area contributed by atoms with Crippen LogP contribution in [-0.2, 0) is 16.0 Å². The van der Waals surface area contributed by atoms with Crippen molar-refractivity contribution >= 4 is 11.9 Å². The highest BCUT2D eigenvalue weighted by Gasteiger charge is 2.18. The molecule has 0 amide bonds. The number of carboxylic acid groups (broad SMARTS) is 2. The lowest BCUT2D eigenvalue weighted by Crippen LogP contribution is -2.41. The zero-order chi connectivity index (χ0) is 20.2. The summed E-state index contributed by atoms with van der Waals surface area (Å²) in [6.45, 7) is 3.58. The van der Waals surface area contributed by atoms with Crippen LogP contribution in [-0.4, -0.2) is 57.4 Å². The molecule has 3 N–H and O–H groups in total. The molecule has 7 nitrogen and oxygen atoms in total. The Balaban J connectivity index is 0.000000300. The summed E-state index contributed by atoms with van der Waals surface area (Å²) in [5, 5.41) is 15.6. The molecule has 28 heavy (non-hydrogen) atoms. The van der Waals surface area contributed by atoms with Crippen LogP contribution in [0.15, 0.2) is 67.0 Å². The number of rotatable bonds is 7. The summed E-state index contributed by atoms with van der Waals surface area (Å²) in [5.41, 5.74) is 4.99. The van der Waals surface area contributed by atoms with E-state index in [-0.39, 0.29) is 0 Å². The van der Waals surface area contributed by atoms with Crippen LogP contribution in [0.1, 0.15) is 18.4 Å². The van der Waals surface area contributed by atoms with Crippen LogP contribution < -0.4 is 5.43 Å². The maximum Gasteiger partial charge on any atom is 0.328 e. The molecule has 7 heteroatoms. The Labute approximate surface area is 164 Å². The van der Waals surface area contributed by atoms with Crippen LogP contribution in [0, 0.1) is 0 Å². The topological polar surface area (TPSA) is 94.8 Å². The number of piperidine rings is 1. The molecule has 0 saturated carbocycles. The zero-order valence-corrected chi connectivity index (χ0v) is 15.8. The normalized spacial score (nSPS) is 15.0. The summed E-state index contributed by atoms with van der Waals surface area (Å²) in [4.78, 5) is 21.7. The Bertz CT molecular complexity index is 720. The van der Waals surface area contributed by atoms with E-state index in [9.17, 15) is 9.59 Å². The second-order valence-electron chi connectivity index (χ2n) is 6.58. The minimum Gasteiger partial charge on any atom is -0.478 e. The molecule has 1 saturated heterocycles. The Hall–Kier alpha value is -3.06. The third-order valence-electron chi connectivity index (χ3n) is 4.45. The van der Waals surface area contributed by atoms with Gasteiger partial charge in [-0.25, -0.2) is 9.59 Å². The molecule has 2 aromatic rings. The number of nitrogens with zero attached hydrogens (tertiary/aromatic N) is 2. The summed E-state index contributed by atoms with van der Waals surface area (Å²) >= 11 is 0. The summed E-state index contributed by atoms with van der Waals surface area (Å²) in [5.74, 6) is -2.51. The molecule has 1 fully saturated rings. The van der Waals surface area contributed by atoms with Crippen molar-refractivity contribution in [2.24, 2.45) is 0 Å². The second kappa shape index (κ2) is 11.6. The minimum absolute atomic E-state index is 0.558. The van der Waals surface area contributed by atoms with E-state index < -0.39 is 11.9 Å². The predicted molar refractivity (Wildman–Crippen MR) is 108 cm³/mol. The van der Waals surface area contributed by atoms with Gasteiger partial charge >= 0.3 is 11.9 Å². The first-order valence-corrected chi connectivity index (χ1v) is 9.32. The first-order chi connectivity index (χ1) is 13.5. The number of aromatic nitrogens is 1. The summed E-state index contributed by atoms with van der Waals surface area (Å²) in [7, 11) is 0. The average molecular weight is 385 g/mol. The number of carboxylic acids is 2. The van der Waals surface area contributed by atoms with Crippen LogP contribution >= 0.6 is 0 Å². The highest BCUT2D eigenvalue weighted by molar-refractivity contribution is 5.89. The Morgan fingerprint density at radius 1 is 0.964 bits per heavy atom. The van der Waals surface area contributed by atoms with Gasteiger partial charge in [0.1, 0.15) is 0 Å². The van der Waals surface area contributed by atoms with Crippen LogP contribution in [0.5, 0.6) is 0 Å². The number of carbonyl (C=O) groups is 2. The van der Waals surface area contributed by atoms with Gasteiger partial charge in [0, 0.05) is 50.2 Å². The van der Waals surface area contributed by atoms with E-state index in [2.05, 4.69) is 69.9 Å². The Morgan fingerprint density at radius 2 is 1.54 bits per heavy atom. The lowest BCUT2D eigenvalue weighted by molar-refractivity contribution is -0.134. The highest BCUT2D eigenvalue weighted by Crippen LogP contribution is 2.12. The van der Waals surface area contributed by atoms with Gasteiger partial charge in [-0.1, -0.05) is 30.3 Å². The van der Waals surface area contributed by atoms with Gasteiger partial charge in [-0.3, -0.25) is 4.68 Å². The zero-order valence-electron chi connectivity index (χ0n) is 15.8. The maximum atomic E-state index is 9.55. The highest BCUT2D eigenvalue weighted by atomic mass is 16.4. The number of likely N-dealkylation sites (tertiary alicyclic amines) is 1. The molecule has 150 valence electrons. The number of nitrogens with one attached hydrogen (secondary N) is 1.